The van der Waals surface area contributed by atoms with Crippen LogP contribution in [0.1, 0.15) is 18.5 Å². The minimum absolute atomic E-state index is 0.0350. The molecular weight excluding hydrogens is 340 g/mol. The smallest absolute Gasteiger partial charge is 0.214 e. The van der Waals surface area contributed by atoms with Gasteiger partial charge in [0.15, 0.2) is 5.58 Å². The number of ether oxygens (including phenoxy) is 1. The third kappa shape index (κ3) is 2.29. The van der Waals surface area contributed by atoms with Crippen LogP contribution in [-0.4, -0.2) is 49.4 Å². The molecule has 1 saturated heterocycles. The summed E-state index contributed by atoms with van der Waals surface area (Å²) in [6.07, 6.45) is 2.67. The van der Waals surface area contributed by atoms with E-state index < -0.39 is 10.0 Å². The molecule has 1 aliphatic heterocycles. The van der Waals surface area contributed by atoms with E-state index in [9.17, 15) is 8.42 Å². The highest BCUT2D eigenvalue weighted by Crippen LogP contribution is 2.56. The topological polar surface area (TPSA) is 72.6 Å². The van der Waals surface area contributed by atoms with Crippen molar-refractivity contribution >= 4 is 21.0 Å². The first kappa shape index (κ1) is 15.8. The Morgan fingerprint density at radius 2 is 2.12 bits per heavy atom. The maximum absolute atomic E-state index is 13.0. The minimum Gasteiger partial charge on any atom is -0.379 e. The number of fused-ring (bicyclic) bond motifs is 2. The summed E-state index contributed by atoms with van der Waals surface area (Å²) in [6.45, 7) is 0.660. The monoisotopic (exact) mass is 362 g/mol. The highest BCUT2D eigenvalue weighted by Gasteiger charge is 2.61. The van der Waals surface area contributed by atoms with E-state index in [2.05, 4.69) is 5.16 Å². The molecule has 3 fully saturated rings. The average Bonchev–Trinajstić information content (AvgIpc) is 3.31. The second-order valence-electron chi connectivity index (χ2n) is 7.61. The van der Waals surface area contributed by atoms with E-state index in [0.29, 0.717) is 42.0 Å². The molecule has 25 heavy (non-hydrogen) atoms. The van der Waals surface area contributed by atoms with Crippen molar-refractivity contribution in [3.63, 3.8) is 0 Å². The van der Waals surface area contributed by atoms with Crippen molar-refractivity contribution in [2.75, 3.05) is 19.4 Å². The van der Waals surface area contributed by atoms with Crippen LogP contribution in [0.2, 0.25) is 0 Å². The molecule has 6 nitrogen and oxygen atoms in total. The molecule has 5 unspecified atom stereocenters. The maximum Gasteiger partial charge on any atom is 0.214 e. The lowest BCUT2D eigenvalue weighted by molar-refractivity contribution is 0.0265. The summed E-state index contributed by atoms with van der Waals surface area (Å²) in [5.74, 6) is 1.60. The lowest BCUT2D eigenvalue weighted by Crippen LogP contribution is -2.45. The molecule has 2 aromatic rings. The summed E-state index contributed by atoms with van der Waals surface area (Å²) in [7, 11) is -1.62. The minimum atomic E-state index is -3.34. The largest absolute Gasteiger partial charge is 0.379 e. The van der Waals surface area contributed by atoms with Gasteiger partial charge in [0.05, 0.1) is 23.6 Å². The first-order chi connectivity index (χ1) is 12.1. The van der Waals surface area contributed by atoms with Gasteiger partial charge in [-0.15, -0.1) is 0 Å². The summed E-state index contributed by atoms with van der Waals surface area (Å²) in [6, 6.07) is 7.60. The SMILES string of the molecule is COC1C2CC3CN(S(=O)(=O)CCc4noc5ccccc45)C1C3C2. The Bertz CT molecular complexity index is 907. The fourth-order valence-electron chi connectivity index (χ4n) is 5.44. The molecule has 2 bridgehead atoms. The predicted octanol–water partition coefficient (Wildman–Crippen LogP) is 2.06. The maximum atomic E-state index is 13.0. The van der Waals surface area contributed by atoms with E-state index in [4.69, 9.17) is 9.26 Å². The Kier molecular flexibility index (Phi) is 3.49. The Labute approximate surface area is 147 Å². The summed E-state index contributed by atoms with van der Waals surface area (Å²) in [5, 5.41) is 4.96. The molecule has 2 saturated carbocycles. The third-order valence-corrected chi connectivity index (χ3v) is 8.28. The van der Waals surface area contributed by atoms with Crippen molar-refractivity contribution in [3.8, 4) is 0 Å². The fourth-order valence-corrected chi connectivity index (χ4v) is 7.19. The van der Waals surface area contributed by atoms with Gasteiger partial charge in [-0.2, -0.15) is 4.31 Å². The molecular formula is C18H22N2O4S. The summed E-state index contributed by atoms with van der Waals surface area (Å²) < 4.78 is 38.8. The first-order valence-corrected chi connectivity index (χ1v) is 10.5. The lowest BCUT2D eigenvalue weighted by Gasteiger charge is -2.30. The van der Waals surface area contributed by atoms with Crippen molar-refractivity contribution in [3.05, 3.63) is 30.0 Å². The molecule has 3 aliphatic rings. The van der Waals surface area contributed by atoms with Crippen LogP contribution >= 0.6 is 0 Å². The number of para-hydroxylation sites is 1. The number of benzene rings is 1. The van der Waals surface area contributed by atoms with Gasteiger partial charge in [-0.25, -0.2) is 8.42 Å². The number of aryl methyl sites for hydroxylation is 1. The van der Waals surface area contributed by atoms with Crippen LogP contribution in [-0.2, 0) is 21.2 Å². The molecule has 0 radical (unpaired) electrons. The molecule has 7 heteroatoms. The van der Waals surface area contributed by atoms with E-state index in [1.165, 1.54) is 0 Å². The third-order valence-electron chi connectivity index (χ3n) is 6.45. The van der Waals surface area contributed by atoms with Gasteiger partial charge in [0.25, 0.3) is 0 Å². The molecule has 0 N–H and O–H groups in total. The quantitative estimate of drug-likeness (QED) is 0.814. The molecule has 0 spiro atoms. The van der Waals surface area contributed by atoms with Crippen LogP contribution in [0.3, 0.4) is 0 Å². The van der Waals surface area contributed by atoms with Crippen LogP contribution in [0.4, 0.5) is 0 Å². The number of sulfonamides is 1. The number of nitrogens with zero attached hydrogens (tertiary/aromatic N) is 2. The van der Waals surface area contributed by atoms with Gasteiger partial charge in [0.1, 0.15) is 0 Å². The van der Waals surface area contributed by atoms with Gasteiger partial charge >= 0.3 is 0 Å². The van der Waals surface area contributed by atoms with E-state index in [0.717, 1.165) is 18.2 Å². The lowest BCUT2D eigenvalue weighted by atomic mass is 9.88. The summed E-state index contributed by atoms with van der Waals surface area (Å²) >= 11 is 0. The van der Waals surface area contributed by atoms with Crippen molar-refractivity contribution in [2.24, 2.45) is 17.8 Å². The predicted molar refractivity (Wildman–Crippen MR) is 92.5 cm³/mol. The summed E-state index contributed by atoms with van der Waals surface area (Å²) in [5.41, 5.74) is 1.42. The zero-order valence-corrected chi connectivity index (χ0v) is 15.0. The second-order valence-corrected chi connectivity index (χ2v) is 9.65. The molecule has 5 rings (SSSR count). The molecule has 2 aliphatic carbocycles. The van der Waals surface area contributed by atoms with Crippen molar-refractivity contribution in [2.45, 2.75) is 31.4 Å². The van der Waals surface area contributed by atoms with Gasteiger partial charge in [-0.05, 0) is 42.7 Å². The van der Waals surface area contributed by atoms with Gasteiger partial charge in [0, 0.05) is 25.5 Å². The van der Waals surface area contributed by atoms with E-state index in [-0.39, 0.29) is 17.9 Å². The van der Waals surface area contributed by atoms with Gasteiger partial charge in [0.2, 0.25) is 10.0 Å². The fraction of sp³-hybridized carbons (Fsp3) is 0.611. The average molecular weight is 362 g/mol. The van der Waals surface area contributed by atoms with Crippen molar-refractivity contribution < 1.29 is 17.7 Å². The van der Waals surface area contributed by atoms with Crippen molar-refractivity contribution in [1.82, 2.24) is 9.46 Å². The Morgan fingerprint density at radius 3 is 2.96 bits per heavy atom. The van der Waals surface area contributed by atoms with E-state index >= 15 is 0 Å². The van der Waals surface area contributed by atoms with Crippen LogP contribution in [0, 0.1) is 17.8 Å². The number of hydrogen-bond acceptors (Lipinski definition) is 5. The highest BCUT2D eigenvalue weighted by atomic mass is 32.2. The van der Waals surface area contributed by atoms with Crippen LogP contribution in [0.25, 0.3) is 11.0 Å². The Hall–Kier alpha value is -1.44. The van der Waals surface area contributed by atoms with Crippen LogP contribution in [0.15, 0.2) is 28.8 Å². The van der Waals surface area contributed by atoms with Gasteiger partial charge in [-0.3, -0.25) is 0 Å². The molecule has 134 valence electrons. The second kappa shape index (κ2) is 5.53. The Balaban J connectivity index is 1.37. The zero-order chi connectivity index (χ0) is 17.2. The molecule has 1 aromatic carbocycles. The van der Waals surface area contributed by atoms with Crippen molar-refractivity contribution in [1.29, 1.82) is 0 Å². The van der Waals surface area contributed by atoms with Gasteiger partial charge in [-0.1, -0.05) is 17.3 Å². The molecule has 1 aromatic heterocycles. The number of rotatable bonds is 5. The van der Waals surface area contributed by atoms with E-state index in [1.807, 2.05) is 24.3 Å². The normalized spacial score (nSPS) is 34.4. The molecule has 2 heterocycles. The Morgan fingerprint density at radius 1 is 1.28 bits per heavy atom. The number of hydrogen-bond donors (Lipinski definition) is 0. The zero-order valence-electron chi connectivity index (χ0n) is 14.2. The number of aromatic nitrogens is 1. The molecule has 5 atom stereocenters. The highest BCUT2D eigenvalue weighted by molar-refractivity contribution is 7.89. The molecule has 0 amide bonds. The van der Waals surface area contributed by atoms with E-state index in [1.54, 1.807) is 11.4 Å². The first-order valence-electron chi connectivity index (χ1n) is 8.94. The van der Waals surface area contributed by atoms with Gasteiger partial charge < -0.3 is 9.26 Å². The standard InChI is InChI=1S/C18H22N2O4S/c1-23-18-11-8-12-10-20(17(18)14(12)9-11)25(21,22)7-6-15-13-4-2-3-5-16(13)24-19-15/h2-5,11-12,14,17-18H,6-10H2,1H3. The van der Waals surface area contributed by atoms with Crippen LogP contribution < -0.4 is 0 Å². The number of methoxy groups -OCH3 is 1. The van der Waals surface area contributed by atoms with Crippen LogP contribution in [0.5, 0.6) is 0 Å². The summed E-state index contributed by atoms with van der Waals surface area (Å²) in [4.78, 5) is 0.